The number of nitrogens with zero attached hydrogens (tertiary/aromatic N) is 1. The van der Waals surface area contributed by atoms with E-state index in [9.17, 15) is 5.11 Å². The lowest BCUT2D eigenvalue weighted by Crippen LogP contribution is -2.20. The fourth-order valence-electron chi connectivity index (χ4n) is 3.60. The summed E-state index contributed by atoms with van der Waals surface area (Å²) in [5.74, 6) is 1.48. The van der Waals surface area contributed by atoms with Crippen molar-refractivity contribution in [2.24, 2.45) is 11.1 Å². The van der Waals surface area contributed by atoms with Crippen molar-refractivity contribution in [3.05, 3.63) is 29.3 Å². The average molecular weight is 289 g/mol. The van der Waals surface area contributed by atoms with Gasteiger partial charge in [-0.25, -0.2) is 0 Å². The summed E-state index contributed by atoms with van der Waals surface area (Å²) in [6, 6.07) is 5.80. The standard InChI is InChI=1S/C17H23NO3/c19-13(10-12-4-1-2-5-12)11-21-17-7-3-6-14-15(17)8-9-16(14)18-20/h3,6-7,12-13,19-20H,1-2,4-5,8-11H2/b18-16-. The van der Waals surface area contributed by atoms with Gasteiger partial charge >= 0.3 is 0 Å². The third-order valence-electron chi connectivity index (χ3n) is 4.69. The summed E-state index contributed by atoms with van der Waals surface area (Å²) in [5, 5.41) is 22.5. The Balaban J connectivity index is 1.59. The monoisotopic (exact) mass is 289 g/mol. The molecular formula is C17H23NO3. The SMILES string of the molecule is O/N=C1/CCc2c(OCC(O)CC3CCCC3)cccc21. The van der Waals surface area contributed by atoms with E-state index in [1.165, 1.54) is 25.7 Å². The third-order valence-corrected chi connectivity index (χ3v) is 4.69. The van der Waals surface area contributed by atoms with Crippen molar-refractivity contribution < 1.29 is 15.1 Å². The van der Waals surface area contributed by atoms with Gasteiger partial charge in [0.05, 0.1) is 11.8 Å². The van der Waals surface area contributed by atoms with Crippen LogP contribution in [0.1, 0.15) is 49.7 Å². The number of fused-ring (bicyclic) bond motifs is 1. The normalized spacial score (nSPS) is 21.7. The number of benzene rings is 1. The van der Waals surface area contributed by atoms with Crippen molar-refractivity contribution >= 4 is 5.71 Å². The first-order chi connectivity index (χ1) is 10.3. The molecule has 1 atom stereocenters. The first-order valence-corrected chi connectivity index (χ1v) is 7.92. The van der Waals surface area contributed by atoms with E-state index in [1.807, 2.05) is 18.2 Å². The van der Waals surface area contributed by atoms with Gasteiger partial charge in [-0.2, -0.15) is 0 Å². The van der Waals surface area contributed by atoms with Crippen molar-refractivity contribution in [3.8, 4) is 5.75 Å². The zero-order valence-corrected chi connectivity index (χ0v) is 12.3. The molecule has 1 aromatic carbocycles. The Kier molecular flexibility index (Phi) is 4.44. The molecule has 0 spiro atoms. The number of aliphatic hydroxyl groups is 1. The van der Waals surface area contributed by atoms with Crippen LogP contribution in [0.25, 0.3) is 0 Å². The van der Waals surface area contributed by atoms with E-state index in [-0.39, 0.29) is 0 Å². The zero-order chi connectivity index (χ0) is 14.7. The van der Waals surface area contributed by atoms with Gasteiger partial charge in [-0.15, -0.1) is 0 Å². The van der Waals surface area contributed by atoms with Crippen LogP contribution in [0.3, 0.4) is 0 Å². The summed E-state index contributed by atoms with van der Waals surface area (Å²) in [5.41, 5.74) is 2.79. The predicted octanol–water partition coefficient (Wildman–Crippen LogP) is 3.13. The Hall–Kier alpha value is -1.55. The molecule has 0 bridgehead atoms. The zero-order valence-electron chi connectivity index (χ0n) is 12.3. The second-order valence-corrected chi connectivity index (χ2v) is 6.18. The van der Waals surface area contributed by atoms with Crippen molar-refractivity contribution in [1.29, 1.82) is 0 Å². The highest BCUT2D eigenvalue weighted by Gasteiger charge is 2.23. The molecule has 4 heteroatoms. The van der Waals surface area contributed by atoms with Crippen molar-refractivity contribution in [3.63, 3.8) is 0 Å². The number of rotatable bonds is 5. The molecule has 0 heterocycles. The molecule has 3 rings (SSSR count). The molecule has 0 radical (unpaired) electrons. The molecule has 0 aromatic heterocycles. The van der Waals surface area contributed by atoms with E-state index < -0.39 is 6.10 Å². The number of aliphatic hydroxyl groups excluding tert-OH is 1. The van der Waals surface area contributed by atoms with Crippen LogP contribution in [-0.4, -0.2) is 28.7 Å². The average Bonchev–Trinajstić information content (AvgIpc) is 3.14. The van der Waals surface area contributed by atoms with Gasteiger partial charge in [-0.05, 0) is 31.2 Å². The summed E-state index contributed by atoms with van der Waals surface area (Å²) in [6.45, 7) is 0.346. The van der Waals surface area contributed by atoms with E-state index in [0.717, 1.165) is 41.9 Å². The Morgan fingerprint density at radius 3 is 2.81 bits per heavy atom. The smallest absolute Gasteiger partial charge is 0.123 e. The quantitative estimate of drug-likeness (QED) is 0.646. The molecule has 1 saturated carbocycles. The van der Waals surface area contributed by atoms with Crippen LogP contribution < -0.4 is 4.74 Å². The molecule has 4 nitrogen and oxygen atoms in total. The Labute approximate surface area is 125 Å². The minimum Gasteiger partial charge on any atom is -0.491 e. The Bertz CT molecular complexity index is 521. The lowest BCUT2D eigenvalue weighted by molar-refractivity contribution is 0.0851. The minimum absolute atomic E-state index is 0.346. The molecule has 1 unspecified atom stereocenters. The predicted molar refractivity (Wildman–Crippen MR) is 81.2 cm³/mol. The fourth-order valence-corrected chi connectivity index (χ4v) is 3.60. The summed E-state index contributed by atoms with van der Waals surface area (Å²) in [7, 11) is 0. The van der Waals surface area contributed by atoms with Gasteiger partial charge in [-0.1, -0.05) is 43.0 Å². The number of hydrogen-bond acceptors (Lipinski definition) is 4. The first kappa shape index (κ1) is 14.4. The molecule has 0 amide bonds. The number of ether oxygens (including phenoxy) is 1. The van der Waals surface area contributed by atoms with Gasteiger partial charge in [0.15, 0.2) is 0 Å². The highest BCUT2D eigenvalue weighted by molar-refractivity contribution is 6.04. The molecule has 1 fully saturated rings. The van der Waals surface area contributed by atoms with Gasteiger partial charge in [-0.3, -0.25) is 0 Å². The molecule has 2 aliphatic rings. The molecule has 2 N–H and O–H groups in total. The van der Waals surface area contributed by atoms with E-state index in [4.69, 9.17) is 9.94 Å². The summed E-state index contributed by atoms with van der Waals surface area (Å²) < 4.78 is 5.83. The lowest BCUT2D eigenvalue weighted by atomic mass is 10.0. The number of hydrogen-bond donors (Lipinski definition) is 2. The van der Waals surface area contributed by atoms with Crippen LogP contribution in [0.15, 0.2) is 23.4 Å². The maximum atomic E-state index is 10.1. The van der Waals surface area contributed by atoms with Gasteiger partial charge in [0, 0.05) is 11.1 Å². The largest absolute Gasteiger partial charge is 0.491 e. The van der Waals surface area contributed by atoms with Crippen LogP contribution in [0.2, 0.25) is 0 Å². The van der Waals surface area contributed by atoms with Crippen molar-refractivity contribution in [2.75, 3.05) is 6.61 Å². The van der Waals surface area contributed by atoms with E-state index >= 15 is 0 Å². The van der Waals surface area contributed by atoms with Crippen LogP contribution in [-0.2, 0) is 6.42 Å². The molecule has 2 aliphatic carbocycles. The fraction of sp³-hybridized carbons (Fsp3) is 0.588. The maximum absolute atomic E-state index is 10.1. The molecule has 0 saturated heterocycles. The lowest BCUT2D eigenvalue weighted by Gasteiger charge is -2.17. The summed E-state index contributed by atoms with van der Waals surface area (Å²) in [6.07, 6.45) is 7.12. The van der Waals surface area contributed by atoms with E-state index in [0.29, 0.717) is 12.5 Å². The summed E-state index contributed by atoms with van der Waals surface area (Å²) >= 11 is 0. The van der Waals surface area contributed by atoms with Gasteiger partial charge < -0.3 is 15.1 Å². The summed E-state index contributed by atoms with van der Waals surface area (Å²) in [4.78, 5) is 0. The molecule has 114 valence electrons. The highest BCUT2D eigenvalue weighted by Crippen LogP contribution is 2.32. The van der Waals surface area contributed by atoms with Crippen LogP contribution in [0, 0.1) is 5.92 Å². The highest BCUT2D eigenvalue weighted by atomic mass is 16.5. The van der Waals surface area contributed by atoms with Crippen LogP contribution in [0.4, 0.5) is 0 Å². The molecular weight excluding hydrogens is 266 g/mol. The molecule has 1 aromatic rings. The Morgan fingerprint density at radius 1 is 1.24 bits per heavy atom. The van der Waals surface area contributed by atoms with Gasteiger partial charge in [0.1, 0.15) is 12.4 Å². The molecule has 21 heavy (non-hydrogen) atoms. The van der Waals surface area contributed by atoms with Gasteiger partial charge in [0.2, 0.25) is 0 Å². The van der Waals surface area contributed by atoms with Crippen LogP contribution in [0.5, 0.6) is 5.75 Å². The van der Waals surface area contributed by atoms with Crippen molar-refractivity contribution in [1.82, 2.24) is 0 Å². The minimum atomic E-state index is -0.392. The topological polar surface area (TPSA) is 62.1 Å². The molecule has 0 aliphatic heterocycles. The second kappa shape index (κ2) is 6.48. The third kappa shape index (κ3) is 3.21. The van der Waals surface area contributed by atoms with E-state index in [2.05, 4.69) is 5.16 Å². The maximum Gasteiger partial charge on any atom is 0.123 e. The second-order valence-electron chi connectivity index (χ2n) is 6.18. The number of oxime groups is 1. The Morgan fingerprint density at radius 2 is 2.05 bits per heavy atom. The van der Waals surface area contributed by atoms with Crippen LogP contribution >= 0.6 is 0 Å². The van der Waals surface area contributed by atoms with Gasteiger partial charge in [0.25, 0.3) is 0 Å². The van der Waals surface area contributed by atoms with Crippen molar-refractivity contribution in [2.45, 2.75) is 51.0 Å². The van der Waals surface area contributed by atoms with E-state index in [1.54, 1.807) is 0 Å². The first-order valence-electron chi connectivity index (χ1n) is 7.92.